The molecule has 0 aliphatic rings. The fraction of sp³-hybridized carbons (Fsp3) is 0. The van der Waals surface area contributed by atoms with Crippen LogP contribution in [-0.4, -0.2) is 4.98 Å². The first-order valence-corrected chi connectivity index (χ1v) is 15.7. The molecule has 4 heteroatoms. The number of furan rings is 1. The molecule has 0 saturated heterocycles. The number of fused-ring (bicyclic) bond motifs is 4. The summed E-state index contributed by atoms with van der Waals surface area (Å²) in [4.78, 5) is 7.09. The van der Waals surface area contributed by atoms with E-state index in [1.54, 1.807) is 0 Å². The minimum absolute atomic E-state index is 0.578. The van der Waals surface area contributed by atoms with Gasteiger partial charge in [-0.2, -0.15) is 0 Å². The lowest BCUT2D eigenvalue weighted by Gasteiger charge is -2.26. The summed E-state index contributed by atoms with van der Waals surface area (Å²) >= 11 is 0. The van der Waals surface area contributed by atoms with Gasteiger partial charge in [0.05, 0.1) is 5.69 Å². The zero-order valence-corrected chi connectivity index (χ0v) is 25.4. The lowest BCUT2D eigenvalue weighted by Crippen LogP contribution is -2.10. The highest BCUT2D eigenvalue weighted by atomic mass is 16.3. The number of hydrogen-bond donors (Lipinski definition) is 0. The summed E-state index contributed by atoms with van der Waals surface area (Å²) in [5.74, 6) is 0.578. The zero-order valence-electron chi connectivity index (χ0n) is 25.4. The number of para-hydroxylation sites is 3. The molecule has 9 aromatic rings. The van der Waals surface area contributed by atoms with E-state index in [2.05, 4.69) is 126 Å². The van der Waals surface area contributed by atoms with Crippen molar-refractivity contribution in [2.75, 3.05) is 4.90 Å². The van der Waals surface area contributed by atoms with Gasteiger partial charge in [-0.1, -0.05) is 115 Å². The highest BCUT2D eigenvalue weighted by Gasteiger charge is 2.22. The average molecular weight is 605 g/mol. The summed E-state index contributed by atoms with van der Waals surface area (Å²) in [5, 5.41) is 1.98. The van der Waals surface area contributed by atoms with Crippen LogP contribution in [0.1, 0.15) is 0 Å². The lowest BCUT2D eigenvalue weighted by atomic mass is 10.0. The molecular formula is C43H28N2O2. The lowest BCUT2D eigenvalue weighted by molar-refractivity contribution is 0.620. The van der Waals surface area contributed by atoms with Crippen molar-refractivity contribution in [3.05, 3.63) is 170 Å². The molecule has 0 unspecified atom stereocenters. The second-order valence-electron chi connectivity index (χ2n) is 11.6. The van der Waals surface area contributed by atoms with E-state index in [1.165, 1.54) is 22.3 Å². The van der Waals surface area contributed by atoms with Gasteiger partial charge in [-0.15, -0.1) is 0 Å². The smallest absolute Gasteiger partial charge is 0.228 e. The summed E-state index contributed by atoms with van der Waals surface area (Å²) in [6, 6.07) is 58.6. The predicted molar refractivity (Wildman–Crippen MR) is 192 cm³/mol. The maximum Gasteiger partial charge on any atom is 0.228 e. The van der Waals surface area contributed by atoms with E-state index in [9.17, 15) is 0 Å². The van der Waals surface area contributed by atoms with Crippen LogP contribution in [-0.2, 0) is 0 Å². The van der Waals surface area contributed by atoms with E-state index in [1.807, 2.05) is 48.5 Å². The second-order valence-corrected chi connectivity index (χ2v) is 11.6. The molecule has 0 aliphatic heterocycles. The number of benzene rings is 7. The summed E-state index contributed by atoms with van der Waals surface area (Å²) < 4.78 is 12.9. The molecule has 4 nitrogen and oxygen atoms in total. The van der Waals surface area contributed by atoms with Crippen LogP contribution in [0.2, 0.25) is 0 Å². The maximum atomic E-state index is 6.72. The van der Waals surface area contributed by atoms with Gasteiger partial charge >= 0.3 is 0 Å². The Bertz CT molecular complexity index is 2380. The summed E-state index contributed by atoms with van der Waals surface area (Å²) in [6.07, 6.45) is 0. The molecule has 0 saturated carbocycles. The van der Waals surface area contributed by atoms with E-state index >= 15 is 0 Å². The number of nitrogens with zero attached hydrogens (tertiary/aromatic N) is 2. The first-order valence-electron chi connectivity index (χ1n) is 15.7. The molecular weight excluding hydrogens is 576 g/mol. The quantitative estimate of drug-likeness (QED) is 0.189. The Morgan fingerprint density at radius 1 is 0.426 bits per heavy atom. The van der Waals surface area contributed by atoms with Crippen LogP contribution in [0.5, 0.6) is 0 Å². The van der Waals surface area contributed by atoms with Gasteiger partial charge in [0.15, 0.2) is 11.2 Å². The van der Waals surface area contributed by atoms with Gasteiger partial charge in [-0.25, -0.2) is 4.98 Å². The Morgan fingerprint density at radius 3 is 1.62 bits per heavy atom. The summed E-state index contributed by atoms with van der Waals surface area (Å²) in [7, 11) is 0. The van der Waals surface area contributed by atoms with Gasteiger partial charge in [0, 0.05) is 27.7 Å². The molecule has 0 radical (unpaired) electrons. The van der Waals surface area contributed by atoms with E-state index in [0.29, 0.717) is 5.89 Å². The highest BCUT2D eigenvalue weighted by molar-refractivity contribution is 6.15. The molecule has 0 atom stereocenters. The second kappa shape index (κ2) is 11.2. The number of oxazole rings is 1. The van der Waals surface area contributed by atoms with E-state index in [4.69, 9.17) is 13.8 Å². The van der Waals surface area contributed by atoms with Crippen molar-refractivity contribution in [1.82, 2.24) is 4.98 Å². The largest absolute Gasteiger partial charge is 0.454 e. The minimum atomic E-state index is 0.578. The topological polar surface area (TPSA) is 42.4 Å². The molecule has 7 aromatic carbocycles. The molecule has 0 fully saturated rings. The van der Waals surface area contributed by atoms with Crippen molar-refractivity contribution in [2.24, 2.45) is 0 Å². The fourth-order valence-corrected chi connectivity index (χ4v) is 6.47. The van der Waals surface area contributed by atoms with Crippen molar-refractivity contribution in [1.29, 1.82) is 0 Å². The Kier molecular flexibility index (Phi) is 6.43. The molecule has 0 aliphatic carbocycles. The van der Waals surface area contributed by atoms with Crippen molar-refractivity contribution in [3.8, 4) is 33.7 Å². The van der Waals surface area contributed by atoms with E-state index in [-0.39, 0.29) is 0 Å². The molecule has 222 valence electrons. The molecule has 0 amide bonds. The van der Waals surface area contributed by atoms with Crippen LogP contribution in [0, 0.1) is 0 Å². The molecule has 0 bridgehead atoms. The van der Waals surface area contributed by atoms with Crippen LogP contribution >= 0.6 is 0 Å². The third-order valence-electron chi connectivity index (χ3n) is 8.73. The average Bonchev–Trinajstić information content (AvgIpc) is 3.76. The molecule has 0 N–H and O–H groups in total. The van der Waals surface area contributed by atoms with Crippen LogP contribution in [0.4, 0.5) is 17.1 Å². The van der Waals surface area contributed by atoms with E-state index < -0.39 is 0 Å². The van der Waals surface area contributed by atoms with Gasteiger partial charge in [0.25, 0.3) is 0 Å². The minimum Gasteiger partial charge on any atom is -0.454 e. The first kappa shape index (κ1) is 27.0. The van der Waals surface area contributed by atoms with Crippen molar-refractivity contribution < 1.29 is 8.83 Å². The van der Waals surface area contributed by atoms with Crippen LogP contribution in [0.3, 0.4) is 0 Å². The normalized spacial score (nSPS) is 11.4. The van der Waals surface area contributed by atoms with Gasteiger partial charge in [-0.05, 0) is 76.9 Å². The van der Waals surface area contributed by atoms with Crippen LogP contribution in [0.15, 0.2) is 179 Å². The predicted octanol–water partition coefficient (Wildman–Crippen LogP) is 12.2. The Hall–Kier alpha value is -6.39. The van der Waals surface area contributed by atoms with Crippen LogP contribution < -0.4 is 4.90 Å². The van der Waals surface area contributed by atoms with Crippen LogP contribution in [0.25, 0.3) is 66.7 Å². The molecule has 2 heterocycles. The molecule has 0 spiro atoms. The first-order chi connectivity index (χ1) is 23.3. The fourth-order valence-electron chi connectivity index (χ4n) is 6.47. The third kappa shape index (κ3) is 4.75. The molecule has 9 rings (SSSR count). The SMILES string of the molecule is c1ccc(-c2ccc(N(c3ccc(-c4ccccc4)cc3)c3cccc4c3oc3cccc(-c5nc6ccccc6o5)c34)cc2)cc1. The van der Waals surface area contributed by atoms with Gasteiger partial charge in [0.2, 0.25) is 5.89 Å². The van der Waals surface area contributed by atoms with Crippen molar-refractivity contribution in [2.45, 2.75) is 0 Å². The molecule has 47 heavy (non-hydrogen) atoms. The van der Waals surface area contributed by atoms with Gasteiger partial charge < -0.3 is 13.7 Å². The number of hydrogen-bond acceptors (Lipinski definition) is 4. The standard InChI is InChI=1S/C43H28N2O2/c1-3-11-29(12-4-1)31-21-25-33(26-22-31)45(34-27-23-32(24-28-34)30-13-5-2-6-14-30)38-18-9-15-35-41-36(16-10-20-40(41)46-42(35)38)43-44-37-17-7-8-19-39(37)47-43/h1-28H. The number of anilines is 3. The Balaban J connectivity index is 1.22. The monoisotopic (exact) mass is 604 g/mol. The maximum absolute atomic E-state index is 6.72. The van der Waals surface area contributed by atoms with Gasteiger partial charge in [0.1, 0.15) is 11.1 Å². The Morgan fingerprint density at radius 2 is 0.979 bits per heavy atom. The van der Waals surface area contributed by atoms with Crippen molar-refractivity contribution >= 4 is 50.1 Å². The third-order valence-corrected chi connectivity index (χ3v) is 8.73. The molecule has 2 aromatic heterocycles. The highest BCUT2D eigenvalue weighted by Crippen LogP contribution is 2.45. The number of aromatic nitrogens is 1. The Labute approximate surface area is 271 Å². The van der Waals surface area contributed by atoms with E-state index in [0.717, 1.165) is 55.7 Å². The van der Waals surface area contributed by atoms with Crippen molar-refractivity contribution in [3.63, 3.8) is 0 Å². The zero-order chi connectivity index (χ0) is 31.2. The summed E-state index contributed by atoms with van der Waals surface area (Å²) in [6.45, 7) is 0. The van der Waals surface area contributed by atoms with Gasteiger partial charge in [-0.3, -0.25) is 0 Å². The summed E-state index contributed by atoms with van der Waals surface area (Å²) in [5.41, 5.74) is 11.8. The number of rotatable bonds is 6.